The second-order valence-electron chi connectivity index (χ2n) is 8.54. The van der Waals surface area contributed by atoms with E-state index >= 15 is 0 Å². The van der Waals surface area contributed by atoms with E-state index in [2.05, 4.69) is 36.9 Å². The summed E-state index contributed by atoms with van der Waals surface area (Å²) < 4.78 is 0. The Balaban J connectivity index is 1.98. The molecule has 27 heavy (non-hydrogen) atoms. The summed E-state index contributed by atoms with van der Waals surface area (Å²) in [5.74, 6) is -0.428. The number of nitrogens with one attached hydrogen (secondary N) is 3. The number of hydrogen-bond donors (Lipinski definition) is 4. The molecule has 2 atom stereocenters. The van der Waals surface area contributed by atoms with Crippen molar-refractivity contribution < 1.29 is 14.4 Å². The first-order valence-electron chi connectivity index (χ1n) is 9.26. The minimum absolute atomic E-state index is 0.169. The highest BCUT2D eigenvalue weighted by Gasteiger charge is 2.30. The van der Waals surface area contributed by atoms with Gasteiger partial charge in [0.1, 0.15) is 6.04 Å². The molecule has 7 nitrogen and oxygen atoms in total. The lowest BCUT2D eigenvalue weighted by Gasteiger charge is -2.33. The molecule has 1 heterocycles. The Morgan fingerprint density at radius 2 is 1.89 bits per heavy atom. The Bertz CT molecular complexity index is 721. The van der Waals surface area contributed by atoms with Crippen LogP contribution in [0, 0.1) is 17.3 Å². The highest BCUT2D eigenvalue weighted by atomic mass is 32.1. The van der Waals surface area contributed by atoms with Crippen LogP contribution in [0.25, 0.3) is 0 Å². The molecule has 0 aliphatic heterocycles. The van der Waals surface area contributed by atoms with Crippen molar-refractivity contribution in [2.45, 2.75) is 59.9 Å². The van der Waals surface area contributed by atoms with Gasteiger partial charge in [0, 0.05) is 4.88 Å². The average molecular weight is 395 g/mol. The molecule has 0 unspecified atom stereocenters. The van der Waals surface area contributed by atoms with Crippen molar-refractivity contribution in [2.75, 3.05) is 0 Å². The SMILES string of the molecule is CC(C)[C@H](NC(N)=O)C(=O)NNC(=O)c1cc2c(s1)CC[C@@H](C(C)(C)C)C2. The highest BCUT2D eigenvalue weighted by molar-refractivity contribution is 7.14. The van der Waals surface area contributed by atoms with Gasteiger partial charge < -0.3 is 11.1 Å². The van der Waals surface area contributed by atoms with Gasteiger partial charge in [-0.05, 0) is 48.1 Å². The lowest BCUT2D eigenvalue weighted by molar-refractivity contribution is -0.124. The van der Waals surface area contributed by atoms with Crippen LogP contribution >= 0.6 is 11.3 Å². The van der Waals surface area contributed by atoms with Gasteiger partial charge in [-0.15, -0.1) is 11.3 Å². The Hall–Kier alpha value is -2.09. The van der Waals surface area contributed by atoms with Gasteiger partial charge in [0.2, 0.25) is 0 Å². The third-order valence-electron chi connectivity index (χ3n) is 5.08. The fourth-order valence-electron chi connectivity index (χ4n) is 3.32. The monoisotopic (exact) mass is 394 g/mol. The van der Waals surface area contributed by atoms with Gasteiger partial charge in [-0.1, -0.05) is 34.6 Å². The quantitative estimate of drug-likeness (QED) is 0.588. The number of urea groups is 1. The maximum absolute atomic E-state index is 12.4. The molecule has 5 N–H and O–H groups in total. The molecule has 8 heteroatoms. The van der Waals surface area contributed by atoms with Gasteiger partial charge >= 0.3 is 6.03 Å². The van der Waals surface area contributed by atoms with E-state index in [1.165, 1.54) is 21.8 Å². The Morgan fingerprint density at radius 3 is 2.44 bits per heavy atom. The molecule has 0 saturated heterocycles. The summed E-state index contributed by atoms with van der Waals surface area (Å²) in [7, 11) is 0. The number of amides is 4. The Morgan fingerprint density at radius 1 is 1.22 bits per heavy atom. The number of carbonyl (C=O) groups is 3. The van der Waals surface area contributed by atoms with Crippen molar-refractivity contribution in [1.82, 2.24) is 16.2 Å². The van der Waals surface area contributed by atoms with Crippen LogP contribution in [0.15, 0.2) is 6.07 Å². The maximum atomic E-state index is 12.4. The fraction of sp³-hybridized carbons (Fsp3) is 0.632. The van der Waals surface area contributed by atoms with Crippen molar-refractivity contribution in [1.29, 1.82) is 0 Å². The summed E-state index contributed by atoms with van der Waals surface area (Å²) >= 11 is 1.48. The van der Waals surface area contributed by atoms with Gasteiger partial charge in [0.15, 0.2) is 0 Å². The third-order valence-corrected chi connectivity index (χ3v) is 6.31. The zero-order chi connectivity index (χ0) is 20.4. The van der Waals surface area contributed by atoms with Crippen LogP contribution in [-0.4, -0.2) is 23.9 Å². The molecule has 0 spiro atoms. The molecule has 1 aliphatic rings. The summed E-state index contributed by atoms with van der Waals surface area (Å²) in [6, 6.07) is 0.336. The van der Waals surface area contributed by atoms with E-state index in [1.54, 1.807) is 13.8 Å². The summed E-state index contributed by atoms with van der Waals surface area (Å²) in [6.45, 7) is 10.3. The van der Waals surface area contributed by atoms with Crippen molar-refractivity contribution >= 4 is 29.2 Å². The zero-order valence-electron chi connectivity index (χ0n) is 16.6. The molecule has 0 aromatic carbocycles. The number of hydrogen-bond acceptors (Lipinski definition) is 4. The lowest BCUT2D eigenvalue weighted by atomic mass is 9.72. The molecule has 1 aromatic rings. The molecule has 1 aliphatic carbocycles. The van der Waals surface area contributed by atoms with Crippen LogP contribution in [0.5, 0.6) is 0 Å². The van der Waals surface area contributed by atoms with Crippen molar-refractivity contribution in [3.8, 4) is 0 Å². The minimum Gasteiger partial charge on any atom is -0.352 e. The molecule has 0 saturated carbocycles. The predicted octanol–water partition coefficient (Wildman–Crippen LogP) is 2.35. The summed E-state index contributed by atoms with van der Waals surface area (Å²) in [6.07, 6.45) is 3.09. The molecule has 1 aromatic heterocycles. The van der Waals surface area contributed by atoms with E-state index in [0.29, 0.717) is 10.8 Å². The molecule has 4 amide bonds. The molecule has 0 radical (unpaired) electrons. The Kier molecular flexibility index (Phi) is 6.51. The van der Waals surface area contributed by atoms with Gasteiger partial charge in [-0.2, -0.15) is 0 Å². The first-order chi connectivity index (χ1) is 12.5. The van der Waals surface area contributed by atoms with Crippen molar-refractivity contribution in [2.24, 2.45) is 23.0 Å². The van der Waals surface area contributed by atoms with Crippen molar-refractivity contribution in [3.63, 3.8) is 0 Å². The van der Waals surface area contributed by atoms with Gasteiger partial charge in [-0.3, -0.25) is 20.4 Å². The third kappa shape index (κ3) is 5.45. The van der Waals surface area contributed by atoms with E-state index in [9.17, 15) is 14.4 Å². The normalized spacial score (nSPS) is 17.8. The van der Waals surface area contributed by atoms with Crippen LogP contribution in [0.2, 0.25) is 0 Å². The number of aryl methyl sites for hydroxylation is 1. The molecular formula is C19H30N4O3S. The van der Waals surface area contributed by atoms with Gasteiger partial charge in [0.05, 0.1) is 4.88 Å². The molecule has 0 fully saturated rings. The van der Waals surface area contributed by atoms with E-state index in [0.717, 1.165) is 19.3 Å². The van der Waals surface area contributed by atoms with E-state index in [-0.39, 0.29) is 17.2 Å². The second-order valence-corrected chi connectivity index (χ2v) is 9.68. The smallest absolute Gasteiger partial charge is 0.312 e. The Labute approximate surface area is 164 Å². The summed E-state index contributed by atoms with van der Waals surface area (Å²) in [5.41, 5.74) is 11.4. The van der Waals surface area contributed by atoms with Crippen LogP contribution in [0.4, 0.5) is 4.79 Å². The topological polar surface area (TPSA) is 113 Å². The van der Waals surface area contributed by atoms with Gasteiger partial charge in [-0.25, -0.2) is 4.79 Å². The highest BCUT2D eigenvalue weighted by Crippen LogP contribution is 2.40. The van der Waals surface area contributed by atoms with Crippen LogP contribution in [0.3, 0.4) is 0 Å². The number of carbonyl (C=O) groups excluding carboxylic acids is 3. The van der Waals surface area contributed by atoms with Gasteiger partial charge in [0.25, 0.3) is 11.8 Å². The van der Waals surface area contributed by atoms with E-state index < -0.39 is 18.0 Å². The fourth-order valence-corrected chi connectivity index (χ4v) is 4.42. The zero-order valence-corrected chi connectivity index (χ0v) is 17.5. The number of primary amides is 1. The lowest BCUT2D eigenvalue weighted by Crippen LogP contribution is -2.55. The average Bonchev–Trinajstić information content (AvgIpc) is 2.99. The minimum atomic E-state index is -0.813. The molecule has 150 valence electrons. The molecule has 2 rings (SSSR count). The second kappa shape index (κ2) is 8.29. The maximum Gasteiger partial charge on any atom is 0.312 e. The van der Waals surface area contributed by atoms with E-state index in [4.69, 9.17) is 5.73 Å². The van der Waals surface area contributed by atoms with Crippen LogP contribution in [-0.2, 0) is 17.6 Å². The first kappa shape index (κ1) is 21.2. The van der Waals surface area contributed by atoms with Crippen LogP contribution in [0.1, 0.15) is 61.2 Å². The number of fused-ring (bicyclic) bond motifs is 1. The molecule has 0 bridgehead atoms. The number of thiophene rings is 1. The largest absolute Gasteiger partial charge is 0.352 e. The first-order valence-corrected chi connectivity index (χ1v) is 10.1. The standard InChI is InChI=1S/C19H30N4O3S/c1-10(2)15(21-18(20)26)17(25)23-22-16(24)14-9-11-8-12(19(3,4)5)6-7-13(11)27-14/h9-10,12,15H,6-8H2,1-5H3,(H,22,24)(H,23,25)(H3,20,21,26)/t12-,15+/m1/s1. The van der Waals surface area contributed by atoms with Crippen molar-refractivity contribution in [3.05, 3.63) is 21.4 Å². The number of nitrogens with two attached hydrogens (primary N) is 1. The number of hydrazine groups is 1. The van der Waals surface area contributed by atoms with Crippen LogP contribution < -0.4 is 21.9 Å². The number of rotatable bonds is 4. The summed E-state index contributed by atoms with van der Waals surface area (Å²) in [5, 5.41) is 2.38. The predicted molar refractivity (Wildman–Crippen MR) is 106 cm³/mol. The van der Waals surface area contributed by atoms with E-state index in [1.807, 2.05) is 6.07 Å². The summed E-state index contributed by atoms with van der Waals surface area (Å²) in [4.78, 5) is 37.5. The molecular weight excluding hydrogens is 364 g/mol.